The third-order valence-electron chi connectivity index (χ3n) is 3.50. The molecule has 23 heavy (non-hydrogen) atoms. The molecule has 0 bridgehead atoms. The number of aromatic carboxylic acids is 1. The van der Waals surface area contributed by atoms with Gasteiger partial charge in [0.1, 0.15) is 17.0 Å². The summed E-state index contributed by atoms with van der Waals surface area (Å²) in [6, 6.07) is 11.7. The molecule has 0 atom stereocenters. The first-order chi connectivity index (χ1) is 11.0. The lowest BCUT2D eigenvalue weighted by Gasteiger charge is -2.12. The summed E-state index contributed by atoms with van der Waals surface area (Å²) in [5, 5.41) is 20.5. The van der Waals surface area contributed by atoms with E-state index in [1.807, 2.05) is 12.1 Å². The summed E-state index contributed by atoms with van der Waals surface area (Å²) >= 11 is 5.90. The molecule has 6 heteroatoms. The highest BCUT2D eigenvalue weighted by molar-refractivity contribution is 6.30. The van der Waals surface area contributed by atoms with E-state index in [4.69, 9.17) is 21.4 Å². The fraction of sp³-hybridized carbons (Fsp3) is 0.0588. The van der Waals surface area contributed by atoms with Gasteiger partial charge in [0.05, 0.1) is 12.5 Å². The third kappa shape index (κ3) is 2.66. The molecule has 1 aromatic heterocycles. The van der Waals surface area contributed by atoms with Crippen LogP contribution in [0, 0.1) is 0 Å². The third-order valence-corrected chi connectivity index (χ3v) is 3.75. The van der Waals surface area contributed by atoms with Gasteiger partial charge in [0.15, 0.2) is 5.69 Å². The number of hydrogen-bond acceptors (Lipinski definition) is 4. The summed E-state index contributed by atoms with van der Waals surface area (Å²) in [4.78, 5) is 15.3. The van der Waals surface area contributed by atoms with Crippen molar-refractivity contribution in [1.29, 1.82) is 0 Å². The fourth-order valence-corrected chi connectivity index (χ4v) is 2.57. The molecule has 0 unspecified atom stereocenters. The zero-order chi connectivity index (χ0) is 16.6. The van der Waals surface area contributed by atoms with E-state index in [2.05, 4.69) is 4.98 Å². The van der Waals surface area contributed by atoms with E-state index in [-0.39, 0.29) is 17.0 Å². The van der Waals surface area contributed by atoms with Crippen LogP contribution in [0.2, 0.25) is 5.02 Å². The van der Waals surface area contributed by atoms with Gasteiger partial charge in [0.25, 0.3) is 0 Å². The number of rotatable bonds is 3. The van der Waals surface area contributed by atoms with Gasteiger partial charge >= 0.3 is 5.97 Å². The molecule has 3 rings (SSSR count). The van der Waals surface area contributed by atoms with Crippen LogP contribution in [0.5, 0.6) is 11.5 Å². The Bertz CT molecular complexity index is 907. The minimum absolute atomic E-state index is 0.170. The summed E-state index contributed by atoms with van der Waals surface area (Å²) in [5.74, 6) is -1.01. The standard InChI is InChI=1S/C17H12ClNO4/c1-23-14-7-6-11(9-2-4-10(18)5-3-9)15-13(20)8-12(17(21)22)19-16(14)15/h2-8H,1H3,(H,19,20)(H,21,22). The average Bonchev–Trinajstić information content (AvgIpc) is 2.54. The molecule has 0 saturated heterocycles. The van der Waals surface area contributed by atoms with Gasteiger partial charge in [-0.25, -0.2) is 9.78 Å². The molecule has 0 aliphatic carbocycles. The van der Waals surface area contributed by atoms with Crippen molar-refractivity contribution >= 4 is 28.5 Å². The summed E-state index contributed by atoms with van der Waals surface area (Å²) in [7, 11) is 1.46. The van der Waals surface area contributed by atoms with Crippen LogP contribution < -0.4 is 4.74 Å². The number of carbonyl (C=O) groups is 1. The molecular weight excluding hydrogens is 318 g/mol. The minimum atomic E-state index is -1.22. The van der Waals surface area contributed by atoms with E-state index in [0.29, 0.717) is 21.7 Å². The zero-order valence-corrected chi connectivity index (χ0v) is 12.8. The van der Waals surface area contributed by atoms with Crippen molar-refractivity contribution in [2.75, 3.05) is 7.11 Å². The van der Waals surface area contributed by atoms with Crippen molar-refractivity contribution < 1.29 is 19.7 Å². The first kappa shape index (κ1) is 15.1. The molecule has 0 aliphatic heterocycles. The lowest BCUT2D eigenvalue weighted by Crippen LogP contribution is -2.01. The van der Waals surface area contributed by atoms with Crippen LogP contribution >= 0.6 is 11.6 Å². The molecule has 5 nitrogen and oxygen atoms in total. The molecule has 0 amide bonds. The highest BCUT2D eigenvalue weighted by Crippen LogP contribution is 2.39. The van der Waals surface area contributed by atoms with Gasteiger partial charge in [0, 0.05) is 11.1 Å². The second-order valence-corrected chi connectivity index (χ2v) is 5.31. The normalized spacial score (nSPS) is 10.7. The van der Waals surface area contributed by atoms with E-state index in [9.17, 15) is 9.90 Å². The van der Waals surface area contributed by atoms with E-state index in [1.165, 1.54) is 7.11 Å². The van der Waals surface area contributed by atoms with Crippen LogP contribution in [0.25, 0.3) is 22.0 Å². The number of aromatic hydroxyl groups is 1. The van der Waals surface area contributed by atoms with Crippen LogP contribution in [-0.2, 0) is 0 Å². The highest BCUT2D eigenvalue weighted by Gasteiger charge is 2.17. The van der Waals surface area contributed by atoms with E-state index < -0.39 is 5.97 Å². The maximum atomic E-state index is 11.2. The van der Waals surface area contributed by atoms with Gasteiger partial charge in [-0.3, -0.25) is 0 Å². The molecule has 2 N–H and O–H groups in total. The van der Waals surface area contributed by atoms with Crippen molar-refractivity contribution in [2.45, 2.75) is 0 Å². The molecule has 0 spiro atoms. The summed E-state index contributed by atoms with van der Waals surface area (Å²) in [6.45, 7) is 0. The lowest BCUT2D eigenvalue weighted by atomic mass is 9.99. The van der Waals surface area contributed by atoms with E-state index in [0.717, 1.165) is 11.6 Å². The molecular formula is C17H12ClNO4. The molecule has 0 aliphatic rings. The van der Waals surface area contributed by atoms with Gasteiger partial charge in [0.2, 0.25) is 0 Å². The van der Waals surface area contributed by atoms with Gasteiger partial charge < -0.3 is 14.9 Å². The molecule has 0 fully saturated rings. The molecule has 116 valence electrons. The summed E-state index contributed by atoms with van der Waals surface area (Å²) in [6.07, 6.45) is 0. The smallest absolute Gasteiger partial charge is 0.354 e. The van der Waals surface area contributed by atoms with Crippen molar-refractivity contribution in [3.05, 3.63) is 53.2 Å². The monoisotopic (exact) mass is 329 g/mol. The molecule has 3 aromatic rings. The maximum Gasteiger partial charge on any atom is 0.354 e. The van der Waals surface area contributed by atoms with Crippen molar-refractivity contribution in [3.63, 3.8) is 0 Å². The molecule has 1 heterocycles. The number of fused-ring (bicyclic) bond motifs is 1. The van der Waals surface area contributed by atoms with Crippen LogP contribution in [0.4, 0.5) is 0 Å². The Balaban J connectivity index is 2.36. The molecule has 0 saturated carbocycles. The zero-order valence-electron chi connectivity index (χ0n) is 12.1. The number of halogens is 1. The van der Waals surface area contributed by atoms with Gasteiger partial charge in [-0.2, -0.15) is 0 Å². The number of benzene rings is 2. The van der Waals surface area contributed by atoms with Gasteiger partial charge in [-0.05, 0) is 35.4 Å². The number of methoxy groups -OCH3 is 1. The minimum Gasteiger partial charge on any atom is -0.507 e. The first-order valence-corrected chi connectivity index (χ1v) is 7.09. The Hall–Kier alpha value is -2.79. The lowest BCUT2D eigenvalue weighted by molar-refractivity contribution is 0.0690. The van der Waals surface area contributed by atoms with Crippen molar-refractivity contribution in [3.8, 4) is 22.6 Å². The summed E-state index contributed by atoms with van der Waals surface area (Å²) < 4.78 is 5.24. The Kier molecular flexibility index (Phi) is 3.80. The van der Waals surface area contributed by atoms with Crippen LogP contribution in [0.3, 0.4) is 0 Å². The van der Waals surface area contributed by atoms with E-state index in [1.54, 1.807) is 24.3 Å². The van der Waals surface area contributed by atoms with Crippen molar-refractivity contribution in [1.82, 2.24) is 4.98 Å². The number of hydrogen-bond donors (Lipinski definition) is 2. The number of carboxylic acids is 1. The Morgan fingerprint density at radius 1 is 1.17 bits per heavy atom. The number of aromatic nitrogens is 1. The second-order valence-electron chi connectivity index (χ2n) is 4.88. The quantitative estimate of drug-likeness (QED) is 0.760. The Labute approximate surface area is 136 Å². The largest absolute Gasteiger partial charge is 0.507 e. The topological polar surface area (TPSA) is 79.7 Å². The molecule has 0 radical (unpaired) electrons. The van der Waals surface area contributed by atoms with Crippen LogP contribution in [0.15, 0.2) is 42.5 Å². The first-order valence-electron chi connectivity index (χ1n) is 6.71. The number of carboxylic acid groups (broad SMARTS) is 1. The predicted octanol–water partition coefficient (Wildman–Crippen LogP) is 3.97. The van der Waals surface area contributed by atoms with Crippen molar-refractivity contribution in [2.24, 2.45) is 0 Å². The van der Waals surface area contributed by atoms with Gasteiger partial charge in [-0.15, -0.1) is 0 Å². The Morgan fingerprint density at radius 2 is 1.87 bits per heavy atom. The maximum absolute atomic E-state index is 11.2. The van der Waals surface area contributed by atoms with Crippen LogP contribution in [-0.4, -0.2) is 28.3 Å². The predicted molar refractivity (Wildman–Crippen MR) is 87.4 cm³/mol. The van der Waals surface area contributed by atoms with Crippen LogP contribution in [0.1, 0.15) is 10.5 Å². The molecule has 2 aromatic carbocycles. The number of ether oxygens (including phenoxy) is 1. The average molecular weight is 330 g/mol. The number of pyridine rings is 1. The highest BCUT2D eigenvalue weighted by atomic mass is 35.5. The second kappa shape index (κ2) is 5.78. The Morgan fingerprint density at radius 3 is 2.48 bits per heavy atom. The van der Waals surface area contributed by atoms with E-state index >= 15 is 0 Å². The number of nitrogens with zero attached hydrogens (tertiary/aromatic N) is 1. The SMILES string of the molecule is COc1ccc(-c2ccc(Cl)cc2)c2c(O)cc(C(=O)O)nc12. The van der Waals surface area contributed by atoms with Gasteiger partial charge in [-0.1, -0.05) is 23.7 Å². The fourth-order valence-electron chi connectivity index (χ4n) is 2.44. The summed E-state index contributed by atoms with van der Waals surface area (Å²) in [5.41, 5.74) is 1.57.